The fourth-order valence-corrected chi connectivity index (χ4v) is 2.77. The fraction of sp³-hybridized carbons (Fsp3) is 0.333. The summed E-state index contributed by atoms with van der Waals surface area (Å²) in [5, 5.41) is 14.0. The molecule has 6 heteroatoms. The van der Waals surface area contributed by atoms with Crippen molar-refractivity contribution < 1.29 is 14.6 Å². The van der Waals surface area contributed by atoms with E-state index in [-0.39, 0.29) is 18.6 Å². The van der Waals surface area contributed by atoms with Gasteiger partial charge >= 0.3 is 0 Å². The second-order valence-corrected chi connectivity index (χ2v) is 5.32. The van der Waals surface area contributed by atoms with Crippen LogP contribution in [0.15, 0.2) is 35.8 Å². The third-order valence-corrected chi connectivity index (χ3v) is 3.89. The van der Waals surface area contributed by atoms with E-state index in [0.717, 1.165) is 4.88 Å². The summed E-state index contributed by atoms with van der Waals surface area (Å²) in [5.41, 5.74) is 0.402. The molecule has 0 aliphatic rings. The van der Waals surface area contributed by atoms with Gasteiger partial charge in [-0.2, -0.15) is 0 Å². The SMILES string of the molecule is CCOc1ncccc1C(=O)NC(CCO)c1cccs1. The van der Waals surface area contributed by atoms with Crippen LogP contribution < -0.4 is 10.1 Å². The number of thiophene rings is 1. The van der Waals surface area contributed by atoms with Crippen LogP contribution in [-0.2, 0) is 0 Å². The predicted octanol–water partition coefficient (Wildman–Crippen LogP) is 2.40. The van der Waals surface area contributed by atoms with Crippen LogP contribution >= 0.6 is 11.3 Å². The third kappa shape index (κ3) is 4.03. The number of aromatic nitrogens is 1. The van der Waals surface area contributed by atoms with Crippen molar-refractivity contribution in [2.75, 3.05) is 13.2 Å². The molecule has 1 unspecified atom stereocenters. The number of aliphatic hydroxyl groups is 1. The monoisotopic (exact) mass is 306 g/mol. The van der Waals surface area contributed by atoms with E-state index in [1.807, 2.05) is 24.4 Å². The van der Waals surface area contributed by atoms with E-state index in [0.29, 0.717) is 24.5 Å². The van der Waals surface area contributed by atoms with Gasteiger partial charge in [0, 0.05) is 17.7 Å². The Morgan fingerprint density at radius 1 is 1.48 bits per heavy atom. The molecule has 2 rings (SSSR count). The minimum absolute atomic E-state index is 0.00814. The lowest BCUT2D eigenvalue weighted by atomic mass is 10.1. The standard InChI is InChI=1S/C15H18N2O3S/c1-2-20-15-11(5-3-8-16-15)14(19)17-12(7-9-18)13-6-4-10-21-13/h3-6,8,10,12,18H,2,7,9H2,1H3,(H,17,19). The number of rotatable bonds is 7. The van der Waals surface area contributed by atoms with Crippen molar-refractivity contribution in [2.24, 2.45) is 0 Å². The summed E-state index contributed by atoms with van der Waals surface area (Å²) in [6.45, 7) is 2.30. The molecule has 0 aliphatic heterocycles. The molecule has 0 saturated heterocycles. The van der Waals surface area contributed by atoms with Gasteiger partial charge in [0.25, 0.3) is 5.91 Å². The second-order valence-electron chi connectivity index (χ2n) is 4.34. The van der Waals surface area contributed by atoms with Crippen LogP contribution in [0, 0.1) is 0 Å². The Bertz CT molecular complexity index is 572. The minimum Gasteiger partial charge on any atom is -0.477 e. The lowest BCUT2D eigenvalue weighted by Crippen LogP contribution is -2.29. The fourth-order valence-electron chi connectivity index (χ4n) is 1.96. The van der Waals surface area contributed by atoms with Gasteiger partial charge in [-0.15, -0.1) is 11.3 Å². The van der Waals surface area contributed by atoms with E-state index >= 15 is 0 Å². The molecule has 0 saturated carbocycles. The van der Waals surface area contributed by atoms with Gasteiger partial charge in [-0.1, -0.05) is 6.07 Å². The second kappa shape index (κ2) is 7.75. The van der Waals surface area contributed by atoms with E-state index < -0.39 is 0 Å². The molecule has 0 fully saturated rings. The smallest absolute Gasteiger partial charge is 0.257 e. The van der Waals surface area contributed by atoms with Crippen LogP contribution in [0.1, 0.15) is 34.6 Å². The maximum absolute atomic E-state index is 12.4. The molecule has 2 N–H and O–H groups in total. The number of ether oxygens (including phenoxy) is 1. The molecule has 1 amide bonds. The van der Waals surface area contributed by atoms with Crippen molar-refractivity contribution in [3.8, 4) is 5.88 Å². The molecule has 0 radical (unpaired) electrons. The number of amides is 1. The number of hydrogen-bond acceptors (Lipinski definition) is 5. The van der Waals surface area contributed by atoms with E-state index in [9.17, 15) is 9.90 Å². The maximum Gasteiger partial charge on any atom is 0.257 e. The van der Waals surface area contributed by atoms with Crippen molar-refractivity contribution in [1.29, 1.82) is 0 Å². The van der Waals surface area contributed by atoms with Crippen molar-refractivity contribution in [2.45, 2.75) is 19.4 Å². The highest BCUT2D eigenvalue weighted by Crippen LogP contribution is 2.23. The van der Waals surface area contributed by atoms with Crippen molar-refractivity contribution in [1.82, 2.24) is 10.3 Å². The highest BCUT2D eigenvalue weighted by Gasteiger charge is 2.19. The number of aliphatic hydroxyl groups excluding tert-OH is 1. The third-order valence-electron chi connectivity index (χ3n) is 2.91. The molecule has 112 valence electrons. The van der Waals surface area contributed by atoms with Crippen LogP contribution in [0.25, 0.3) is 0 Å². The van der Waals surface area contributed by atoms with Gasteiger partial charge in [0.05, 0.1) is 12.6 Å². The highest BCUT2D eigenvalue weighted by molar-refractivity contribution is 7.10. The number of carbonyl (C=O) groups excluding carboxylic acids is 1. The lowest BCUT2D eigenvalue weighted by Gasteiger charge is -2.17. The largest absolute Gasteiger partial charge is 0.477 e. The van der Waals surface area contributed by atoms with Crippen LogP contribution in [0.4, 0.5) is 0 Å². The lowest BCUT2D eigenvalue weighted by molar-refractivity contribution is 0.0926. The Labute approximate surface area is 127 Å². The first-order chi connectivity index (χ1) is 10.3. The molecule has 2 aromatic rings. The van der Waals surface area contributed by atoms with Gasteiger partial charge in [-0.3, -0.25) is 4.79 Å². The van der Waals surface area contributed by atoms with Crippen LogP contribution in [-0.4, -0.2) is 29.2 Å². The quantitative estimate of drug-likeness (QED) is 0.824. The molecular formula is C15H18N2O3S. The average Bonchev–Trinajstić information content (AvgIpc) is 3.02. The molecular weight excluding hydrogens is 288 g/mol. The number of carbonyl (C=O) groups is 1. The molecule has 21 heavy (non-hydrogen) atoms. The molecule has 2 heterocycles. The predicted molar refractivity (Wildman–Crippen MR) is 81.6 cm³/mol. The first kappa shape index (κ1) is 15.5. The Hall–Kier alpha value is -1.92. The molecule has 0 aromatic carbocycles. The van der Waals surface area contributed by atoms with Gasteiger partial charge in [0.2, 0.25) is 5.88 Å². The molecule has 1 atom stereocenters. The summed E-state index contributed by atoms with van der Waals surface area (Å²) < 4.78 is 5.37. The van der Waals surface area contributed by atoms with Crippen molar-refractivity contribution in [3.63, 3.8) is 0 Å². The number of hydrogen-bond donors (Lipinski definition) is 2. The first-order valence-electron chi connectivity index (χ1n) is 6.79. The summed E-state index contributed by atoms with van der Waals surface area (Å²) in [6, 6.07) is 7.03. The molecule has 0 spiro atoms. The number of pyridine rings is 1. The summed E-state index contributed by atoms with van der Waals surface area (Å²) in [6.07, 6.45) is 2.06. The minimum atomic E-state index is -0.251. The zero-order chi connectivity index (χ0) is 15.1. The zero-order valence-corrected chi connectivity index (χ0v) is 12.6. The normalized spacial score (nSPS) is 11.9. The van der Waals surface area contributed by atoms with Crippen LogP contribution in [0.2, 0.25) is 0 Å². The van der Waals surface area contributed by atoms with Crippen LogP contribution in [0.5, 0.6) is 5.88 Å². The maximum atomic E-state index is 12.4. The van der Waals surface area contributed by atoms with E-state index in [2.05, 4.69) is 10.3 Å². The summed E-state index contributed by atoms with van der Waals surface area (Å²) >= 11 is 1.55. The topological polar surface area (TPSA) is 71.5 Å². The van der Waals surface area contributed by atoms with Gasteiger partial charge in [-0.25, -0.2) is 4.98 Å². The first-order valence-corrected chi connectivity index (χ1v) is 7.67. The Morgan fingerprint density at radius 2 is 2.33 bits per heavy atom. The molecule has 0 aliphatic carbocycles. The highest BCUT2D eigenvalue weighted by atomic mass is 32.1. The van der Waals surface area contributed by atoms with Gasteiger partial charge in [-0.05, 0) is 36.9 Å². The molecule has 0 bridgehead atoms. The van der Waals surface area contributed by atoms with Gasteiger partial charge in [0.1, 0.15) is 5.56 Å². The molecule has 5 nitrogen and oxygen atoms in total. The summed E-state index contributed by atoms with van der Waals surface area (Å²) in [4.78, 5) is 17.5. The van der Waals surface area contributed by atoms with Crippen molar-refractivity contribution >= 4 is 17.2 Å². The number of nitrogens with zero attached hydrogens (tertiary/aromatic N) is 1. The van der Waals surface area contributed by atoms with E-state index in [1.54, 1.807) is 29.7 Å². The van der Waals surface area contributed by atoms with E-state index in [1.165, 1.54) is 0 Å². The Balaban J connectivity index is 2.15. The zero-order valence-electron chi connectivity index (χ0n) is 11.8. The van der Waals surface area contributed by atoms with E-state index in [4.69, 9.17) is 4.74 Å². The van der Waals surface area contributed by atoms with Gasteiger partial charge < -0.3 is 15.2 Å². The number of nitrogens with one attached hydrogen (secondary N) is 1. The Kier molecular flexibility index (Phi) is 5.71. The Morgan fingerprint density at radius 3 is 3.00 bits per heavy atom. The van der Waals surface area contributed by atoms with Gasteiger partial charge in [0.15, 0.2) is 0 Å². The van der Waals surface area contributed by atoms with Crippen LogP contribution in [0.3, 0.4) is 0 Å². The summed E-state index contributed by atoms with van der Waals surface area (Å²) in [7, 11) is 0. The summed E-state index contributed by atoms with van der Waals surface area (Å²) in [5.74, 6) is 0.0739. The van der Waals surface area contributed by atoms with Crippen molar-refractivity contribution in [3.05, 3.63) is 46.3 Å². The molecule has 2 aromatic heterocycles. The average molecular weight is 306 g/mol.